The summed E-state index contributed by atoms with van der Waals surface area (Å²) in [6.45, 7) is 0. The Bertz CT molecular complexity index is 803. The van der Waals surface area contributed by atoms with Crippen molar-refractivity contribution in [1.29, 1.82) is 0 Å². The number of thiazole rings is 1. The summed E-state index contributed by atoms with van der Waals surface area (Å²) in [6.07, 6.45) is 0.529. The predicted molar refractivity (Wildman–Crippen MR) is 85.0 cm³/mol. The Morgan fingerprint density at radius 3 is 2.71 bits per heavy atom. The molecule has 2 aromatic carbocycles. The summed E-state index contributed by atoms with van der Waals surface area (Å²) < 4.78 is 1.00. The average Bonchev–Trinajstić information content (AvgIpc) is 2.86. The monoisotopic (exact) mass is 320 g/mol. The van der Waals surface area contributed by atoms with Crippen LogP contribution in [0.5, 0.6) is 11.5 Å². The van der Waals surface area contributed by atoms with E-state index in [1.807, 2.05) is 12.1 Å². The van der Waals surface area contributed by atoms with Crippen LogP contribution in [0.25, 0.3) is 10.2 Å². The average molecular weight is 321 g/mol. The number of nitrogens with two attached hydrogens (primary N) is 1. The maximum Gasteiger partial charge on any atom is 0.157 e. The Morgan fingerprint density at radius 2 is 1.95 bits per heavy atom. The second-order valence-electron chi connectivity index (χ2n) is 4.80. The number of fused-ring (bicyclic) bond motifs is 1. The molecule has 21 heavy (non-hydrogen) atoms. The van der Waals surface area contributed by atoms with Crippen LogP contribution >= 0.6 is 22.9 Å². The molecule has 4 N–H and O–H groups in total. The molecule has 0 saturated heterocycles. The van der Waals surface area contributed by atoms with Crippen molar-refractivity contribution in [1.82, 2.24) is 4.98 Å². The largest absolute Gasteiger partial charge is 0.504 e. The van der Waals surface area contributed by atoms with Crippen LogP contribution in [-0.2, 0) is 6.42 Å². The zero-order valence-electron chi connectivity index (χ0n) is 11.0. The number of aromatic hydroxyl groups is 2. The fourth-order valence-electron chi connectivity index (χ4n) is 2.11. The molecular weight excluding hydrogens is 308 g/mol. The Morgan fingerprint density at radius 1 is 1.14 bits per heavy atom. The van der Waals surface area contributed by atoms with Crippen molar-refractivity contribution in [2.45, 2.75) is 12.5 Å². The Kier molecular flexibility index (Phi) is 3.71. The van der Waals surface area contributed by atoms with Gasteiger partial charge >= 0.3 is 0 Å². The molecule has 3 rings (SSSR count). The van der Waals surface area contributed by atoms with Crippen LogP contribution in [0.1, 0.15) is 16.6 Å². The van der Waals surface area contributed by atoms with E-state index in [4.69, 9.17) is 17.3 Å². The number of phenols is 2. The molecular formula is C15H13ClN2O2S. The molecule has 6 heteroatoms. The van der Waals surface area contributed by atoms with Gasteiger partial charge in [0.1, 0.15) is 5.01 Å². The van der Waals surface area contributed by atoms with Gasteiger partial charge in [-0.25, -0.2) is 4.98 Å². The van der Waals surface area contributed by atoms with E-state index in [1.54, 1.807) is 12.1 Å². The van der Waals surface area contributed by atoms with Crippen molar-refractivity contribution >= 4 is 33.2 Å². The maximum absolute atomic E-state index is 9.51. The van der Waals surface area contributed by atoms with Gasteiger partial charge in [-0.1, -0.05) is 17.7 Å². The molecule has 0 amide bonds. The van der Waals surface area contributed by atoms with Crippen LogP contribution < -0.4 is 5.73 Å². The van der Waals surface area contributed by atoms with Gasteiger partial charge in [-0.2, -0.15) is 0 Å². The SMILES string of the molecule is NC(Cc1ccc(O)c(O)c1)c1nc2ccc(Cl)cc2s1. The Balaban J connectivity index is 1.85. The number of benzene rings is 2. The van der Waals surface area contributed by atoms with Crippen LogP contribution in [0.3, 0.4) is 0 Å². The highest BCUT2D eigenvalue weighted by Crippen LogP contribution is 2.31. The smallest absolute Gasteiger partial charge is 0.157 e. The van der Waals surface area contributed by atoms with E-state index >= 15 is 0 Å². The van der Waals surface area contributed by atoms with Crippen molar-refractivity contribution in [3.05, 3.63) is 52.0 Å². The minimum Gasteiger partial charge on any atom is -0.504 e. The third-order valence-electron chi connectivity index (χ3n) is 3.18. The summed E-state index contributed by atoms with van der Waals surface area (Å²) in [4.78, 5) is 4.51. The van der Waals surface area contributed by atoms with Gasteiger partial charge in [-0.3, -0.25) is 0 Å². The molecule has 4 nitrogen and oxygen atoms in total. The first kappa shape index (κ1) is 14.1. The van der Waals surface area contributed by atoms with Crippen LogP contribution in [0.15, 0.2) is 36.4 Å². The van der Waals surface area contributed by atoms with E-state index in [0.29, 0.717) is 11.4 Å². The highest BCUT2D eigenvalue weighted by atomic mass is 35.5. The summed E-state index contributed by atoms with van der Waals surface area (Å²) in [5.74, 6) is -0.280. The van der Waals surface area contributed by atoms with Crippen LogP contribution in [0, 0.1) is 0 Å². The zero-order valence-corrected chi connectivity index (χ0v) is 12.5. The van der Waals surface area contributed by atoms with Gasteiger partial charge in [0, 0.05) is 5.02 Å². The van der Waals surface area contributed by atoms with E-state index in [0.717, 1.165) is 20.8 Å². The summed E-state index contributed by atoms with van der Waals surface area (Å²) in [5, 5.41) is 20.3. The fourth-order valence-corrected chi connectivity index (χ4v) is 3.36. The summed E-state index contributed by atoms with van der Waals surface area (Å²) in [7, 11) is 0. The van der Waals surface area contributed by atoms with Crippen molar-refractivity contribution in [3.63, 3.8) is 0 Å². The van der Waals surface area contributed by atoms with E-state index in [-0.39, 0.29) is 17.5 Å². The number of hydrogen-bond donors (Lipinski definition) is 3. The molecule has 0 bridgehead atoms. The van der Waals surface area contributed by atoms with Gasteiger partial charge in [0.2, 0.25) is 0 Å². The fraction of sp³-hybridized carbons (Fsp3) is 0.133. The molecule has 0 saturated carbocycles. The van der Waals surface area contributed by atoms with E-state index in [9.17, 15) is 10.2 Å². The van der Waals surface area contributed by atoms with Crippen molar-refractivity contribution in [2.24, 2.45) is 5.73 Å². The van der Waals surface area contributed by atoms with Crippen molar-refractivity contribution < 1.29 is 10.2 Å². The minimum absolute atomic E-state index is 0.137. The molecule has 1 aromatic heterocycles. The number of aromatic nitrogens is 1. The van der Waals surface area contributed by atoms with Gasteiger partial charge in [-0.05, 0) is 42.3 Å². The van der Waals surface area contributed by atoms with Gasteiger partial charge in [0.15, 0.2) is 11.5 Å². The van der Waals surface area contributed by atoms with Gasteiger partial charge in [-0.15, -0.1) is 11.3 Å². The van der Waals surface area contributed by atoms with Gasteiger partial charge < -0.3 is 15.9 Å². The second kappa shape index (κ2) is 5.52. The zero-order chi connectivity index (χ0) is 15.0. The number of rotatable bonds is 3. The number of halogens is 1. The molecule has 0 radical (unpaired) electrons. The highest BCUT2D eigenvalue weighted by molar-refractivity contribution is 7.18. The van der Waals surface area contributed by atoms with Gasteiger partial charge in [0.25, 0.3) is 0 Å². The molecule has 0 aliphatic rings. The number of hydrogen-bond acceptors (Lipinski definition) is 5. The Hall–Kier alpha value is -1.82. The lowest BCUT2D eigenvalue weighted by atomic mass is 10.1. The molecule has 0 spiro atoms. The number of nitrogens with zero attached hydrogens (tertiary/aromatic N) is 1. The molecule has 1 heterocycles. The van der Waals surface area contributed by atoms with E-state index in [2.05, 4.69) is 4.98 Å². The summed E-state index contributed by atoms with van der Waals surface area (Å²) in [6, 6.07) is 9.98. The summed E-state index contributed by atoms with van der Waals surface area (Å²) in [5.41, 5.74) is 7.91. The van der Waals surface area contributed by atoms with Crippen molar-refractivity contribution in [2.75, 3.05) is 0 Å². The van der Waals surface area contributed by atoms with Crippen LogP contribution in [0.4, 0.5) is 0 Å². The van der Waals surface area contributed by atoms with Crippen molar-refractivity contribution in [3.8, 4) is 11.5 Å². The first-order valence-electron chi connectivity index (χ1n) is 6.35. The molecule has 0 aliphatic heterocycles. The molecule has 1 unspecified atom stereocenters. The highest BCUT2D eigenvalue weighted by Gasteiger charge is 2.14. The Labute approximate surface area is 130 Å². The quantitative estimate of drug-likeness (QED) is 0.644. The lowest BCUT2D eigenvalue weighted by Gasteiger charge is -2.09. The van der Waals surface area contributed by atoms with Crippen LogP contribution in [0.2, 0.25) is 5.02 Å². The minimum atomic E-state index is -0.273. The van der Waals surface area contributed by atoms with Crippen LogP contribution in [-0.4, -0.2) is 15.2 Å². The third-order valence-corrected chi connectivity index (χ3v) is 4.56. The van der Waals surface area contributed by atoms with E-state index in [1.165, 1.54) is 23.5 Å². The molecule has 0 fully saturated rings. The predicted octanol–water partition coefficient (Wildman–Crippen LogP) is 3.60. The standard InChI is InChI=1S/C15H13ClN2O2S/c16-9-2-3-11-14(7-9)21-15(18-11)10(17)5-8-1-4-12(19)13(20)6-8/h1-4,6-7,10,19-20H,5,17H2. The summed E-state index contributed by atoms with van der Waals surface area (Å²) >= 11 is 7.48. The normalized spacial score (nSPS) is 12.7. The first-order chi connectivity index (χ1) is 10.0. The lowest BCUT2D eigenvalue weighted by Crippen LogP contribution is -2.12. The van der Waals surface area contributed by atoms with Gasteiger partial charge in [0.05, 0.1) is 16.3 Å². The maximum atomic E-state index is 9.51. The molecule has 1 atom stereocenters. The third kappa shape index (κ3) is 2.95. The molecule has 0 aliphatic carbocycles. The van der Waals surface area contributed by atoms with E-state index < -0.39 is 0 Å². The molecule has 108 valence electrons. The first-order valence-corrected chi connectivity index (χ1v) is 7.55. The topological polar surface area (TPSA) is 79.4 Å². The lowest BCUT2D eigenvalue weighted by molar-refractivity contribution is 0.403. The molecule has 3 aromatic rings. The second-order valence-corrected chi connectivity index (χ2v) is 6.30. The number of phenolic OH excluding ortho intramolecular Hbond substituents is 2.